The lowest BCUT2D eigenvalue weighted by Gasteiger charge is -2.42. The quantitative estimate of drug-likeness (QED) is 0.204. The van der Waals surface area contributed by atoms with Crippen LogP contribution in [0.2, 0.25) is 0 Å². The number of benzene rings is 5. The van der Waals surface area contributed by atoms with Crippen LogP contribution in [0.15, 0.2) is 122 Å². The van der Waals surface area contributed by atoms with Crippen molar-refractivity contribution in [2.75, 3.05) is 4.90 Å². The fourth-order valence-corrected chi connectivity index (χ4v) is 8.42. The molecule has 1 aliphatic rings. The van der Waals surface area contributed by atoms with Crippen LogP contribution < -0.4 is 4.90 Å². The molecule has 1 aliphatic heterocycles. The molecule has 0 bridgehead atoms. The first kappa shape index (κ1) is 25.1. The molecule has 5 aromatic carbocycles. The van der Waals surface area contributed by atoms with Crippen LogP contribution in [-0.2, 0) is 5.41 Å². The van der Waals surface area contributed by atoms with E-state index in [1.165, 1.54) is 42.7 Å². The molecule has 208 valence electrons. The van der Waals surface area contributed by atoms with E-state index in [9.17, 15) is 5.26 Å². The number of nitriles is 1. The number of pyridine rings is 1. The van der Waals surface area contributed by atoms with E-state index >= 15 is 0 Å². The monoisotopic (exact) mass is 582 g/mol. The first-order valence-corrected chi connectivity index (χ1v) is 15.6. The number of para-hydroxylation sites is 2. The summed E-state index contributed by atoms with van der Waals surface area (Å²) >= 11 is 1.83. The highest BCUT2D eigenvalue weighted by Crippen LogP contribution is 2.52. The fourth-order valence-electron chi connectivity index (χ4n) is 7.23. The number of nitrogens with zero attached hydrogens (tertiary/aromatic N) is 4. The van der Waals surface area contributed by atoms with Crippen molar-refractivity contribution in [3.8, 4) is 11.8 Å². The van der Waals surface area contributed by atoms with Crippen LogP contribution in [0.5, 0.6) is 0 Å². The Kier molecular flexibility index (Phi) is 5.15. The molecule has 44 heavy (non-hydrogen) atoms. The van der Waals surface area contributed by atoms with Gasteiger partial charge in [0.1, 0.15) is 0 Å². The Labute approximate surface area is 258 Å². The number of aromatic nitrogens is 2. The standard InChI is InChI=1S/C39H26N4S/c1-39(2)30-9-3-5-11-34(30)42(35-12-6-4-10-31(35)39)25-15-17-37-28(21-25)26-8-7-13-36(38(26)44-37)43-32-16-14-24(22-40)20-27(32)29-23-41-19-18-33(29)43/h3-21,23H,1-2H3. The first-order valence-electron chi connectivity index (χ1n) is 14.8. The highest BCUT2D eigenvalue weighted by atomic mass is 32.1. The number of hydrogen-bond donors (Lipinski definition) is 0. The predicted molar refractivity (Wildman–Crippen MR) is 183 cm³/mol. The lowest BCUT2D eigenvalue weighted by molar-refractivity contribution is 0.632. The van der Waals surface area contributed by atoms with Gasteiger partial charge in [0.05, 0.1) is 44.4 Å². The molecule has 5 heteroatoms. The number of rotatable bonds is 2. The van der Waals surface area contributed by atoms with Crippen LogP contribution in [0.3, 0.4) is 0 Å². The molecule has 8 aromatic rings. The van der Waals surface area contributed by atoms with Crippen LogP contribution >= 0.6 is 11.3 Å². The Balaban J connectivity index is 1.29. The van der Waals surface area contributed by atoms with Crippen molar-refractivity contribution in [3.05, 3.63) is 138 Å². The van der Waals surface area contributed by atoms with E-state index in [4.69, 9.17) is 0 Å². The Morgan fingerprint density at radius 3 is 2.18 bits per heavy atom. The van der Waals surface area contributed by atoms with E-state index in [2.05, 4.69) is 131 Å². The van der Waals surface area contributed by atoms with Crippen molar-refractivity contribution >= 4 is 70.4 Å². The van der Waals surface area contributed by atoms with Gasteiger partial charge in [-0.2, -0.15) is 5.26 Å². The van der Waals surface area contributed by atoms with Crippen LogP contribution in [0.25, 0.3) is 47.7 Å². The van der Waals surface area contributed by atoms with Gasteiger partial charge in [0.25, 0.3) is 0 Å². The van der Waals surface area contributed by atoms with Crippen molar-refractivity contribution in [1.29, 1.82) is 5.26 Å². The van der Waals surface area contributed by atoms with E-state index in [-0.39, 0.29) is 5.41 Å². The first-order chi connectivity index (χ1) is 21.5. The van der Waals surface area contributed by atoms with E-state index in [0.29, 0.717) is 5.56 Å². The second-order valence-corrected chi connectivity index (χ2v) is 13.1. The van der Waals surface area contributed by atoms with Crippen molar-refractivity contribution in [2.45, 2.75) is 19.3 Å². The van der Waals surface area contributed by atoms with E-state index in [1.54, 1.807) is 0 Å². The summed E-state index contributed by atoms with van der Waals surface area (Å²) in [6.07, 6.45) is 3.75. The smallest absolute Gasteiger partial charge is 0.0991 e. The summed E-state index contributed by atoms with van der Waals surface area (Å²) in [4.78, 5) is 6.85. The van der Waals surface area contributed by atoms with Crippen molar-refractivity contribution in [3.63, 3.8) is 0 Å². The number of hydrogen-bond acceptors (Lipinski definition) is 4. The van der Waals surface area contributed by atoms with E-state index in [0.717, 1.165) is 33.2 Å². The molecule has 0 saturated heterocycles. The van der Waals surface area contributed by atoms with Gasteiger partial charge in [0.15, 0.2) is 0 Å². The highest BCUT2D eigenvalue weighted by Gasteiger charge is 2.36. The molecule has 0 radical (unpaired) electrons. The molecule has 0 fully saturated rings. The Morgan fingerprint density at radius 1 is 0.682 bits per heavy atom. The lowest BCUT2D eigenvalue weighted by Crippen LogP contribution is -2.30. The SMILES string of the molecule is CC1(C)c2ccccc2N(c2ccc3sc4c(-n5c6ccncc6c6cc(C#N)ccc65)cccc4c3c2)c2ccccc21. The fraction of sp³-hybridized carbons (Fsp3) is 0.0769. The molecule has 0 saturated carbocycles. The average Bonchev–Trinajstić information content (AvgIpc) is 3.60. The number of fused-ring (bicyclic) bond motifs is 8. The maximum Gasteiger partial charge on any atom is 0.0991 e. The minimum Gasteiger partial charge on any atom is -0.310 e. The molecular formula is C39H26N4S. The van der Waals surface area contributed by atoms with Gasteiger partial charge in [-0.15, -0.1) is 11.3 Å². The molecule has 0 aliphatic carbocycles. The molecule has 0 spiro atoms. The number of anilines is 3. The molecule has 0 unspecified atom stereocenters. The third kappa shape index (κ3) is 3.35. The summed E-state index contributed by atoms with van der Waals surface area (Å²) in [6.45, 7) is 4.65. The zero-order chi connectivity index (χ0) is 29.6. The molecule has 9 rings (SSSR count). The molecular weight excluding hydrogens is 557 g/mol. The summed E-state index contributed by atoms with van der Waals surface area (Å²) in [5.74, 6) is 0. The normalized spacial score (nSPS) is 13.8. The lowest BCUT2D eigenvalue weighted by atomic mass is 9.73. The van der Waals surface area contributed by atoms with Gasteiger partial charge >= 0.3 is 0 Å². The molecule has 4 nitrogen and oxygen atoms in total. The second-order valence-electron chi connectivity index (χ2n) is 12.0. The van der Waals surface area contributed by atoms with Crippen LogP contribution in [0.4, 0.5) is 17.1 Å². The van der Waals surface area contributed by atoms with Crippen LogP contribution in [-0.4, -0.2) is 9.55 Å². The Hall–Kier alpha value is -5.44. The third-order valence-corrected chi connectivity index (χ3v) is 10.5. The topological polar surface area (TPSA) is 44.9 Å². The largest absolute Gasteiger partial charge is 0.310 e. The van der Waals surface area contributed by atoms with Gasteiger partial charge in [0, 0.05) is 49.7 Å². The van der Waals surface area contributed by atoms with E-state index < -0.39 is 0 Å². The van der Waals surface area contributed by atoms with Gasteiger partial charge in [-0.1, -0.05) is 62.4 Å². The van der Waals surface area contributed by atoms with Crippen molar-refractivity contribution in [1.82, 2.24) is 9.55 Å². The molecule has 4 heterocycles. The Morgan fingerprint density at radius 2 is 1.41 bits per heavy atom. The van der Waals surface area contributed by atoms with Crippen LogP contribution in [0.1, 0.15) is 30.5 Å². The molecule has 0 atom stereocenters. The predicted octanol–water partition coefficient (Wildman–Crippen LogP) is 10.5. The maximum absolute atomic E-state index is 9.59. The van der Waals surface area contributed by atoms with Crippen molar-refractivity contribution < 1.29 is 0 Å². The third-order valence-electron chi connectivity index (χ3n) is 9.29. The maximum atomic E-state index is 9.59. The zero-order valence-corrected chi connectivity index (χ0v) is 25.1. The Bertz CT molecular complexity index is 2460. The van der Waals surface area contributed by atoms with Gasteiger partial charge in [-0.25, -0.2) is 0 Å². The second kappa shape index (κ2) is 9.03. The van der Waals surface area contributed by atoms with Crippen LogP contribution in [0, 0.1) is 11.3 Å². The molecule has 3 aromatic heterocycles. The minimum absolute atomic E-state index is 0.0936. The highest BCUT2D eigenvalue weighted by molar-refractivity contribution is 7.26. The van der Waals surface area contributed by atoms with Gasteiger partial charge in [0.2, 0.25) is 0 Å². The van der Waals surface area contributed by atoms with Gasteiger partial charge in [-0.3, -0.25) is 4.98 Å². The van der Waals surface area contributed by atoms with Gasteiger partial charge < -0.3 is 9.47 Å². The van der Waals surface area contributed by atoms with E-state index in [1.807, 2.05) is 35.9 Å². The summed E-state index contributed by atoms with van der Waals surface area (Å²) < 4.78 is 4.82. The summed E-state index contributed by atoms with van der Waals surface area (Å²) in [5.41, 5.74) is 10.1. The molecule has 0 N–H and O–H groups in total. The van der Waals surface area contributed by atoms with Crippen molar-refractivity contribution in [2.24, 2.45) is 0 Å². The molecule has 0 amide bonds. The number of thiophene rings is 1. The summed E-state index contributed by atoms with van der Waals surface area (Å²) in [7, 11) is 0. The average molecular weight is 583 g/mol. The summed E-state index contributed by atoms with van der Waals surface area (Å²) in [5, 5.41) is 14.2. The minimum atomic E-state index is -0.0936. The summed E-state index contributed by atoms with van der Waals surface area (Å²) in [6, 6.07) is 41.4. The zero-order valence-electron chi connectivity index (χ0n) is 24.2. The van der Waals surface area contributed by atoms with Gasteiger partial charge in [-0.05, 0) is 71.8 Å².